The molecule has 1 N–H and O–H groups in total. The zero-order valence-electron chi connectivity index (χ0n) is 16.2. The van der Waals surface area contributed by atoms with Crippen molar-refractivity contribution in [3.63, 3.8) is 0 Å². The van der Waals surface area contributed by atoms with Crippen LogP contribution < -0.4 is 5.32 Å². The van der Waals surface area contributed by atoms with Crippen molar-refractivity contribution in [2.45, 2.75) is 63.9 Å². The molecule has 1 saturated carbocycles. The number of rotatable bonds is 9. The monoisotopic (exact) mass is 467 g/mol. The van der Waals surface area contributed by atoms with E-state index in [1.807, 2.05) is 7.05 Å². The largest absolute Gasteiger partial charge is 0.385 e. The van der Waals surface area contributed by atoms with Gasteiger partial charge >= 0.3 is 0 Å². The van der Waals surface area contributed by atoms with Crippen molar-refractivity contribution < 1.29 is 9.47 Å². The van der Waals surface area contributed by atoms with Crippen molar-refractivity contribution in [1.29, 1.82) is 0 Å². The number of methoxy groups -OCH3 is 1. The molecule has 2 rings (SSSR count). The normalized spacial score (nSPS) is 19.9. The second-order valence-electron chi connectivity index (χ2n) is 7.17. The average molecular weight is 467 g/mol. The highest BCUT2D eigenvalue weighted by Crippen LogP contribution is 2.28. The van der Waals surface area contributed by atoms with Gasteiger partial charge in [0.15, 0.2) is 5.96 Å². The summed E-state index contributed by atoms with van der Waals surface area (Å²) in [5.41, 5.74) is 0. The number of guanidine groups is 1. The van der Waals surface area contributed by atoms with E-state index >= 15 is 0 Å². The number of hydrogen-bond acceptors (Lipinski definition) is 3. The molecular formula is C19H38IN3O2. The maximum absolute atomic E-state index is 5.94. The van der Waals surface area contributed by atoms with Gasteiger partial charge in [0, 0.05) is 47.0 Å². The lowest BCUT2D eigenvalue weighted by Gasteiger charge is -2.34. The molecule has 2 aliphatic rings. The molecule has 0 aromatic rings. The third-order valence-corrected chi connectivity index (χ3v) is 5.35. The van der Waals surface area contributed by atoms with Gasteiger partial charge in [-0.05, 0) is 38.0 Å². The first-order valence-corrected chi connectivity index (χ1v) is 9.89. The van der Waals surface area contributed by atoms with E-state index in [2.05, 4.69) is 15.2 Å². The zero-order valence-corrected chi connectivity index (χ0v) is 18.5. The Balaban J connectivity index is 0.00000312. The molecule has 0 bridgehead atoms. The second-order valence-corrected chi connectivity index (χ2v) is 7.17. The highest BCUT2D eigenvalue weighted by molar-refractivity contribution is 14.0. The van der Waals surface area contributed by atoms with Crippen LogP contribution in [-0.4, -0.2) is 64.0 Å². The number of nitrogens with zero attached hydrogens (tertiary/aromatic N) is 2. The van der Waals surface area contributed by atoms with Crippen LogP contribution in [0.4, 0.5) is 0 Å². The molecule has 148 valence electrons. The first kappa shape index (κ1) is 23.0. The topological polar surface area (TPSA) is 46.1 Å². The standard InChI is InChI=1S/C19H37N3O2.HI/c1-20-19(21-12-5-9-17-7-3-4-8-17)22-13-10-18(11-14-22)24-16-6-15-23-2;/h17-18H,3-16H2,1-2H3,(H,20,21);1H. The predicted octanol–water partition coefficient (Wildman–Crippen LogP) is 3.67. The molecule has 0 radical (unpaired) electrons. The fraction of sp³-hybridized carbons (Fsp3) is 0.947. The van der Waals surface area contributed by atoms with Gasteiger partial charge in [-0.25, -0.2) is 0 Å². The second kappa shape index (κ2) is 14.0. The van der Waals surface area contributed by atoms with Crippen LogP contribution >= 0.6 is 24.0 Å². The van der Waals surface area contributed by atoms with Crippen molar-refractivity contribution in [1.82, 2.24) is 10.2 Å². The summed E-state index contributed by atoms with van der Waals surface area (Å²) >= 11 is 0. The number of nitrogens with one attached hydrogen (secondary N) is 1. The maximum atomic E-state index is 5.94. The van der Waals surface area contributed by atoms with Gasteiger partial charge in [-0.15, -0.1) is 24.0 Å². The predicted molar refractivity (Wildman–Crippen MR) is 115 cm³/mol. The lowest BCUT2D eigenvalue weighted by molar-refractivity contribution is 0.00991. The fourth-order valence-corrected chi connectivity index (χ4v) is 3.91. The average Bonchev–Trinajstić information content (AvgIpc) is 3.13. The molecule has 5 nitrogen and oxygen atoms in total. The Labute approximate surface area is 171 Å². The third-order valence-electron chi connectivity index (χ3n) is 5.35. The summed E-state index contributed by atoms with van der Waals surface area (Å²) in [6, 6.07) is 0. The van der Waals surface area contributed by atoms with E-state index < -0.39 is 0 Å². The van der Waals surface area contributed by atoms with Crippen LogP contribution in [0.15, 0.2) is 4.99 Å². The van der Waals surface area contributed by atoms with Crippen molar-refractivity contribution in [3.05, 3.63) is 0 Å². The Morgan fingerprint density at radius 1 is 1.08 bits per heavy atom. The molecule has 6 heteroatoms. The van der Waals surface area contributed by atoms with Gasteiger partial charge in [-0.2, -0.15) is 0 Å². The molecule has 0 atom stereocenters. The summed E-state index contributed by atoms with van der Waals surface area (Å²) in [4.78, 5) is 6.85. The number of ether oxygens (including phenoxy) is 2. The molecule has 0 spiro atoms. The molecule has 0 aromatic carbocycles. The minimum Gasteiger partial charge on any atom is -0.385 e. The van der Waals surface area contributed by atoms with E-state index in [1.165, 1.54) is 38.5 Å². The van der Waals surface area contributed by atoms with Crippen LogP contribution in [0.1, 0.15) is 57.8 Å². The first-order valence-electron chi connectivity index (χ1n) is 9.89. The van der Waals surface area contributed by atoms with Gasteiger partial charge in [-0.3, -0.25) is 4.99 Å². The van der Waals surface area contributed by atoms with Crippen LogP contribution in [0.25, 0.3) is 0 Å². The minimum atomic E-state index is 0. The zero-order chi connectivity index (χ0) is 17.0. The Kier molecular flexibility index (Phi) is 12.9. The molecule has 25 heavy (non-hydrogen) atoms. The highest BCUT2D eigenvalue weighted by Gasteiger charge is 2.21. The Morgan fingerprint density at radius 2 is 1.80 bits per heavy atom. The van der Waals surface area contributed by atoms with Crippen molar-refractivity contribution >= 4 is 29.9 Å². The SMILES string of the molecule is CN=C(NCCCC1CCCC1)N1CCC(OCCCOC)CC1.I. The van der Waals surface area contributed by atoms with E-state index in [4.69, 9.17) is 9.47 Å². The smallest absolute Gasteiger partial charge is 0.193 e. The summed E-state index contributed by atoms with van der Waals surface area (Å²) in [7, 11) is 3.64. The van der Waals surface area contributed by atoms with Gasteiger partial charge in [0.25, 0.3) is 0 Å². The summed E-state index contributed by atoms with van der Waals surface area (Å²) in [6.45, 7) is 4.73. The van der Waals surface area contributed by atoms with Crippen LogP contribution in [-0.2, 0) is 9.47 Å². The van der Waals surface area contributed by atoms with Crippen LogP contribution in [0.2, 0.25) is 0 Å². The summed E-state index contributed by atoms with van der Waals surface area (Å²) in [5, 5.41) is 3.56. The molecule has 0 aromatic heterocycles. The molecule has 1 heterocycles. The quantitative estimate of drug-likeness (QED) is 0.243. The van der Waals surface area contributed by atoms with Gasteiger partial charge in [-0.1, -0.05) is 25.7 Å². The van der Waals surface area contributed by atoms with E-state index in [0.29, 0.717) is 6.10 Å². The molecule has 0 unspecified atom stereocenters. The molecule has 1 aliphatic carbocycles. The summed E-state index contributed by atoms with van der Waals surface area (Å²) in [6.07, 6.45) is 12.0. The Bertz CT molecular complexity index is 355. The number of aliphatic imine (C=N–C) groups is 1. The van der Waals surface area contributed by atoms with Gasteiger partial charge < -0.3 is 19.7 Å². The summed E-state index contributed by atoms with van der Waals surface area (Å²) < 4.78 is 11.0. The lowest BCUT2D eigenvalue weighted by Crippen LogP contribution is -2.47. The van der Waals surface area contributed by atoms with Crippen LogP contribution in [0.3, 0.4) is 0 Å². The van der Waals surface area contributed by atoms with Gasteiger partial charge in [0.2, 0.25) is 0 Å². The molecule has 2 fully saturated rings. The Morgan fingerprint density at radius 3 is 2.44 bits per heavy atom. The van der Waals surface area contributed by atoms with Crippen molar-refractivity contribution in [2.75, 3.05) is 47.0 Å². The third kappa shape index (κ3) is 8.91. The van der Waals surface area contributed by atoms with Crippen LogP contribution in [0.5, 0.6) is 0 Å². The Hall–Kier alpha value is -0.0800. The number of piperidine rings is 1. The number of hydrogen-bond donors (Lipinski definition) is 1. The molecular weight excluding hydrogens is 429 g/mol. The number of likely N-dealkylation sites (tertiary alicyclic amines) is 1. The van der Waals surface area contributed by atoms with Gasteiger partial charge in [0.1, 0.15) is 0 Å². The summed E-state index contributed by atoms with van der Waals surface area (Å²) in [5.74, 6) is 2.05. The minimum absolute atomic E-state index is 0. The maximum Gasteiger partial charge on any atom is 0.193 e. The highest BCUT2D eigenvalue weighted by atomic mass is 127. The fourth-order valence-electron chi connectivity index (χ4n) is 3.91. The lowest BCUT2D eigenvalue weighted by atomic mass is 10.0. The van der Waals surface area contributed by atoms with Gasteiger partial charge in [0.05, 0.1) is 6.10 Å². The first-order chi connectivity index (χ1) is 11.8. The molecule has 1 aliphatic heterocycles. The molecule has 1 saturated heterocycles. The van der Waals surface area contributed by atoms with E-state index in [0.717, 1.165) is 64.0 Å². The number of halogens is 1. The van der Waals surface area contributed by atoms with E-state index in [-0.39, 0.29) is 24.0 Å². The van der Waals surface area contributed by atoms with E-state index in [1.54, 1.807) is 7.11 Å². The van der Waals surface area contributed by atoms with Crippen molar-refractivity contribution in [3.8, 4) is 0 Å². The van der Waals surface area contributed by atoms with Crippen LogP contribution in [0, 0.1) is 5.92 Å². The molecule has 0 amide bonds. The van der Waals surface area contributed by atoms with Crippen molar-refractivity contribution in [2.24, 2.45) is 10.9 Å². The van der Waals surface area contributed by atoms with E-state index in [9.17, 15) is 0 Å².